The lowest BCUT2D eigenvalue weighted by molar-refractivity contribution is 0.0506. The molecule has 2 saturated heterocycles. The highest BCUT2D eigenvalue weighted by molar-refractivity contribution is 5.85. The average Bonchev–Trinajstić information content (AvgIpc) is 3.13. The Morgan fingerprint density at radius 3 is 2.69 bits per heavy atom. The Labute approximate surface area is 163 Å². The minimum atomic E-state index is 0. The van der Waals surface area contributed by atoms with E-state index in [9.17, 15) is 0 Å². The monoisotopic (exact) mass is 380 g/mol. The third kappa shape index (κ3) is 5.17. The van der Waals surface area contributed by atoms with Crippen molar-refractivity contribution in [3.63, 3.8) is 0 Å². The van der Waals surface area contributed by atoms with Crippen LogP contribution in [-0.2, 0) is 11.3 Å². The first-order valence-electron chi connectivity index (χ1n) is 10.1. The number of ether oxygens (including phenoxy) is 1. The lowest BCUT2D eigenvalue weighted by Gasteiger charge is -2.37. The van der Waals surface area contributed by atoms with Crippen LogP contribution in [0.15, 0.2) is 24.5 Å². The molecule has 4 rings (SSSR count). The highest BCUT2D eigenvalue weighted by atomic mass is 35.5. The summed E-state index contributed by atoms with van der Waals surface area (Å²) in [6.07, 6.45) is 10.4. The van der Waals surface area contributed by atoms with Crippen LogP contribution >= 0.6 is 12.4 Å². The Bertz CT molecular complexity index is 518. The third-order valence-electron chi connectivity index (χ3n) is 6.23. The largest absolute Gasteiger partial charge is 0.379 e. The molecule has 0 aromatic carbocycles. The molecule has 3 atom stereocenters. The lowest BCUT2D eigenvalue weighted by atomic mass is 9.92. The predicted octanol–water partition coefficient (Wildman–Crippen LogP) is 2.21. The summed E-state index contributed by atoms with van der Waals surface area (Å²) >= 11 is 0. The topological polar surface area (TPSA) is 49.4 Å². The number of likely N-dealkylation sites (tertiary alicyclic amines) is 1. The summed E-state index contributed by atoms with van der Waals surface area (Å²) in [5.41, 5.74) is 1.38. The summed E-state index contributed by atoms with van der Waals surface area (Å²) in [5.74, 6) is 0.746. The molecule has 0 amide bonds. The van der Waals surface area contributed by atoms with Crippen molar-refractivity contribution in [3.8, 4) is 0 Å². The smallest absolute Gasteiger partial charge is 0.0623 e. The molecule has 1 saturated carbocycles. The van der Waals surface area contributed by atoms with Gasteiger partial charge >= 0.3 is 0 Å². The van der Waals surface area contributed by atoms with E-state index in [1.54, 1.807) is 0 Å². The number of pyridine rings is 1. The van der Waals surface area contributed by atoms with Crippen LogP contribution in [0.2, 0.25) is 0 Å². The first-order valence-corrected chi connectivity index (χ1v) is 10.1. The number of nitrogens with one attached hydrogen (secondary N) is 2. The standard InChI is InChI=1S/C20H32N4O.ClH/c1-2-18(20-15-25-13-10-22-20)19(3-1)23-17-6-11-24(12-7-17)14-16-4-8-21-9-5-16;/h4-5,8-9,17-20,22-23H,1-3,6-7,10-15H2;1H. The second kappa shape index (κ2) is 10.00. The summed E-state index contributed by atoms with van der Waals surface area (Å²) in [6.45, 7) is 6.24. The van der Waals surface area contributed by atoms with Crippen molar-refractivity contribution >= 4 is 12.4 Å². The quantitative estimate of drug-likeness (QED) is 0.820. The van der Waals surface area contributed by atoms with Gasteiger partial charge in [-0.05, 0) is 62.4 Å². The zero-order valence-corrected chi connectivity index (χ0v) is 16.4. The molecule has 0 spiro atoms. The molecule has 0 bridgehead atoms. The van der Waals surface area contributed by atoms with Crippen molar-refractivity contribution in [1.82, 2.24) is 20.5 Å². The zero-order chi connectivity index (χ0) is 16.9. The fraction of sp³-hybridized carbons (Fsp3) is 0.750. The van der Waals surface area contributed by atoms with E-state index in [0.29, 0.717) is 18.1 Å². The van der Waals surface area contributed by atoms with Gasteiger partial charge in [-0.2, -0.15) is 0 Å². The highest BCUT2D eigenvalue weighted by Crippen LogP contribution is 2.30. The van der Waals surface area contributed by atoms with Crippen LogP contribution in [0.25, 0.3) is 0 Å². The van der Waals surface area contributed by atoms with Crippen molar-refractivity contribution in [2.24, 2.45) is 5.92 Å². The first kappa shape index (κ1) is 20.0. The van der Waals surface area contributed by atoms with Gasteiger partial charge in [-0.1, -0.05) is 6.42 Å². The van der Waals surface area contributed by atoms with Crippen molar-refractivity contribution in [2.75, 3.05) is 32.8 Å². The van der Waals surface area contributed by atoms with Gasteiger partial charge in [0, 0.05) is 43.6 Å². The summed E-state index contributed by atoms with van der Waals surface area (Å²) in [5, 5.41) is 7.70. The molecule has 3 heterocycles. The van der Waals surface area contributed by atoms with E-state index in [1.807, 2.05) is 12.4 Å². The number of rotatable bonds is 5. The van der Waals surface area contributed by atoms with Gasteiger partial charge in [0.1, 0.15) is 0 Å². The number of halogens is 1. The minimum Gasteiger partial charge on any atom is -0.379 e. The number of nitrogens with zero attached hydrogens (tertiary/aromatic N) is 2. The van der Waals surface area contributed by atoms with Crippen molar-refractivity contribution in [3.05, 3.63) is 30.1 Å². The summed E-state index contributed by atoms with van der Waals surface area (Å²) < 4.78 is 5.70. The molecule has 1 aromatic rings. The molecule has 146 valence electrons. The summed E-state index contributed by atoms with van der Waals surface area (Å²) in [4.78, 5) is 6.69. The molecule has 1 aliphatic carbocycles. The van der Waals surface area contributed by atoms with Crippen molar-refractivity contribution in [1.29, 1.82) is 0 Å². The van der Waals surface area contributed by atoms with Crippen molar-refractivity contribution < 1.29 is 4.74 Å². The maximum absolute atomic E-state index is 5.70. The summed E-state index contributed by atoms with van der Waals surface area (Å²) in [7, 11) is 0. The highest BCUT2D eigenvalue weighted by Gasteiger charge is 2.36. The molecule has 3 unspecified atom stereocenters. The Hall–Kier alpha value is -0.720. The number of piperidine rings is 1. The van der Waals surface area contributed by atoms with Crippen LogP contribution in [0.3, 0.4) is 0 Å². The van der Waals surface area contributed by atoms with Gasteiger partial charge in [-0.15, -0.1) is 12.4 Å². The fourth-order valence-electron chi connectivity index (χ4n) is 4.84. The Morgan fingerprint density at radius 2 is 1.96 bits per heavy atom. The second-order valence-corrected chi connectivity index (χ2v) is 7.91. The average molecular weight is 381 g/mol. The van der Waals surface area contributed by atoms with Gasteiger partial charge in [0.15, 0.2) is 0 Å². The molecule has 2 N–H and O–H groups in total. The van der Waals surface area contributed by atoms with E-state index < -0.39 is 0 Å². The van der Waals surface area contributed by atoms with Crippen LogP contribution < -0.4 is 10.6 Å². The van der Waals surface area contributed by atoms with Crippen LogP contribution in [0.5, 0.6) is 0 Å². The Balaban J connectivity index is 0.00000196. The molecule has 0 radical (unpaired) electrons. The molecule has 6 heteroatoms. The first-order chi connectivity index (χ1) is 12.4. The van der Waals surface area contributed by atoms with E-state index in [4.69, 9.17) is 4.74 Å². The SMILES string of the molecule is Cl.c1cc(CN2CCC(NC3CCCC3C3COCCN3)CC2)ccn1. The summed E-state index contributed by atoms with van der Waals surface area (Å²) in [6, 6.07) is 6.18. The number of hydrogen-bond donors (Lipinski definition) is 2. The predicted molar refractivity (Wildman–Crippen MR) is 107 cm³/mol. The van der Waals surface area contributed by atoms with E-state index >= 15 is 0 Å². The molecule has 5 nitrogen and oxygen atoms in total. The van der Waals surface area contributed by atoms with Gasteiger partial charge in [-0.3, -0.25) is 9.88 Å². The molecule has 2 aliphatic heterocycles. The van der Waals surface area contributed by atoms with Crippen LogP contribution in [0.1, 0.15) is 37.7 Å². The molecule has 26 heavy (non-hydrogen) atoms. The van der Waals surface area contributed by atoms with Crippen LogP contribution in [0.4, 0.5) is 0 Å². The fourth-order valence-corrected chi connectivity index (χ4v) is 4.84. The molecule has 1 aromatic heterocycles. The van der Waals surface area contributed by atoms with Crippen LogP contribution in [0, 0.1) is 5.92 Å². The van der Waals surface area contributed by atoms with Gasteiger partial charge in [-0.25, -0.2) is 0 Å². The number of morpholine rings is 1. The van der Waals surface area contributed by atoms with Gasteiger partial charge < -0.3 is 15.4 Å². The number of hydrogen-bond acceptors (Lipinski definition) is 5. The zero-order valence-electron chi connectivity index (χ0n) is 15.6. The minimum absolute atomic E-state index is 0. The third-order valence-corrected chi connectivity index (χ3v) is 6.23. The van der Waals surface area contributed by atoms with Crippen molar-refractivity contribution in [2.45, 2.75) is 56.8 Å². The maximum Gasteiger partial charge on any atom is 0.0623 e. The molecule has 3 aliphatic rings. The normalized spacial score (nSPS) is 30.8. The maximum atomic E-state index is 5.70. The van der Waals surface area contributed by atoms with E-state index in [-0.39, 0.29) is 12.4 Å². The van der Waals surface area contributed by atoms with E-state index in [0.717, 1.165) is 32.2 Å². The molecular weight excluding hydrogens is 348 g/mol. The second-order valence-electron chi connectivity index (χ2n) is 7.91. The van der Waals surface area contributed by atoms with Gasteiger partial charge in [0.05, 0.1) is 13.2 Å². The Kier molecular flexibility index (Phi) is 7.70. The van der Waals surface area contributed by atoms with Gasteiger partial charge in [0.25, 0.3) is 0 Å². The number of aromatic nitrogens is 1. The molecule has 3 fully saturated rings. The van der Waals surface area contributed by atoms with E-state index in [2.05, 4.69) is 32.7 Å². The van der Waals surface area contributed by atoms with Gasteiger partial charge in [0.2, 0.25) is 0 Å². The lowest BCUT2D eigenvalue weighted by Crippen LogP contribution is -2.53. The Morgan fingerprint density at radius 1 is 1.15 bits per heavy atom. The van der Waals surface area contributed by atoms with Crippen LogP contribution in [-0.4, -0.2) is 60.9 Å². The molecular formula is C20H33ClN4O. The van der Waals surface area contributed by atoms with E-state index in [1.165, 1.54) is 50.8 Å².